The molecule has 1 heterocycles. The molecule has 0 radical (unpaired) electrons. The Labute approximate surface area is 114 Å². The van der Waals surface area contributed by atoms with Crippen molar-refractivity contribution in [3.8, 4) is 0 Å². The zero-order valence-corrected chi connectivity index (χ0v) is 11.5. The van der Waals surface area contributed by atoms with Gasteiger partial charge in [0.1, 0.15) is 0 Å². The molecule has 1 aliphatic carbocycles. The second kappa shape index (κ2) is 6.59. The van der Waals surface area contributed by atoms with Gasteiger partial charge in [0.2, 0.25) is 5.91 Å². The number of allylic oxidation sites excluding steroid dienone is 1. The fraction of sp³-hybridized carbons (Fsp3) is 0.714. The fourth-order valence-electron chi connectivity index (χ4n) is 2.67. The molecule has 2 rings (SSSR count). The lowest BCUT2D eigenvalue weighted by molar-refractivity contribution is -0.129. The minimum Gasteiger partial charge on any atom is -0.341 e. The number of nitrogens with one attached hydrogen (secondary N) is 2. The van der Waals surface area contributed by atoms with Crippen molar-refractivity contribution in [2.75, 3.05) is 13.1 Å². The van der Waals surface area contributed by atoms with Gasteiger partial charge in [-0.2, -0.15) is 0 Å². The van der Waals surface area contributed by atoms with Gasteiger partial charge in [-0.05, 0) is 25.7 Å². The van der Waals surface area contributed by atoms with Crippen LogP contribution in [0.2, 0.25) is 0 Å². The van der Waals surface area contributed by atoms with E-state index in [0.29, 0.717) is 13.0 Å². The van der Waals surface area contributed by atoms with Gasteiger partial charge < -0.3 is 15.5 Å². The molecule has 2 N–H and O–H groups in total. The fourth-order valence-corrected chi connectivity index (χ4v) is 2.67. The summed E-state index contributed by atoms with van der Waals surface area (Å²) in [4.78, 5) is 25.2. The van der Waals surface area contributed by atoms with E-state index >= 15 is 0 Å². The summed E-state index contributed by atoms with van der Waals surface area (Å²) in [5.74, 6) is 0.169. The molecule has 0 spiro atoms. The van der Waals surface area contributed by atoms with E-state index in [2.05, 4.69) is 22.8 Å². The molecule has 3 amide bonds. The molecule has 2 atom stereocenters. The molecule has 2 unspecified atom stereocenters. The molecule has 0 saturated carbocycles. The second-order valence-corrected chi connectivity index (χ2v) is 5.28. The van der Waals surface area contributed by atoms with Crippen LogP contribution in [0.15, 0.2) is 12.2 Å². The number of urea groups is 1. The van der Waals surface area contributed by atoms with E-state index in [1.807, 2.05) is 11.8 Å². The van der Waals surface area contributed by atoms with Crippen molar-refractivity contribution in [3.63, 3.8) is 0 Å². The van der Waals surface area contributed by atoms with Crippen LogP contribution in [0.1, 0.15) is 39.0 Å². The minimum atomic E-state index is -0.101. The predicted molar refractivity (Wildman–Crippen MR) is 73.7 cm³/mol. The van der Waals surface area contributed by atoms with Crippen LogP contribution in [0.25, 0.3) is 0 Å². The van der Waals surface area contributed by atoms with Crippen molar-refractivity contribution >= 4 is 11.9 Å². The van der Waals surface area contributed by atoms with Gasteiger partial charge >= 0.3 is 6.03 Å². The van der Waals surface area contributed by atoms with E-state index in [0.717, 1.165) is 32.2 Å². The van der Waals surface area contributed by atoms with Gasteiger partial charge in [-0.1, -0.05) is 19.1 Å². The SMILES string of the molecule is CCC(=O)N1CCC(NC(=O)NC2CC=CCC2)C1. The van der Waals surface area contributed by atoms with Gasteiger partial charge in [0.05, 0.1) is 0 Å². The number of carbonyl (C=O) groups excluding carboxylic acids is 2. The summed E-state index contributed by atoms with van der Waals surface area (Å²) in [5.41, 5.74) is 0. The van der Waals surface area contributed by atoms with Crippen LogP contribution >= 0.6 is 0 Å². The van der Waals surface area contributed by atoms with E-state index in [-0.39, 0.29) is 24.0 Å². The first-order valence-electron chi connectivity index (χ1n) is 7.19. The molecule has 19 heavy (non-hydrogen) atoms. The summed E-state index contributed by atoms with van der Waals surface area (Å²) in [5, 5.41) is 5.97. The highest BCUT2D eigenvalue weighted by Crippen LogP contribution is 2.12. The third-order valence-corrected chi connectivity index (χ3v) is 3.78. The third-order valence-electron chi connectivity index (χ3n) is 3.78. The van der Waals surface area contributed by atoms with Gasteiger partial charge in [0.25, 0.3) is 0 Å². The van der Waals surface area contributed by atoms with Gasteiger partial charge in [-0.3, -0.25) is 4.79 Å². The topological polar surface area (TPSA) is 61.4 Å². The van der Waals surface area contributed by atoms with Crippen LogP contribution < -0.4 is 10.6 Å². The first-order valence-corrected chi connectivity index (χ1v) is 7.19. The number of likely N-dealkylation sites (tertiary alicyclic amines) is 1. The Hall–Kier alpha value is -1.52. The molecule has 0 bridgehead atoms. The van der Waals surface area contributed by atoms with Gasteiger partial charge in [-0.15, -0.1) is 0 Å². The Kier molecular flexibility index (Phi) is 4.82. The maximum absolute atomic E-state index is 11.9. The van der Waals surface area contributed by atoms with Crippen molar-refractivity contribution < 1.29 is 9.59 Å². The lowest BCUT2D eigenvalue weighted by atomic mass is 10.0. The highest BCUT2D eigenvalue weighted by molar-refractivity contribution is 5.77. The van der Waals surface area contributed by atoms with Crippen molar-refractivity contribution in [2.45, 2.75) is 51.1 Å². The second-order valence-electron chi connectivity index (χ2n) is 5.28. The molecule has 2 aliphatic rings. The van der Waals surface area contributed by atoms with Crippen molar-refractivity contribution in [3.05, 3.63) is 12.2 Å². The number of nitrogens with zero attached hydrogens (tertiary/aromatic N) is 1. The molecule has 0 aromatic heterocycles. The molecule has 1 saturated heterocycles. The Morgan fingerprint density at radius 3 is 2.68 bits per heavy atom. The highest BCUT2D eigenvalue weighted by atomic mass is 16.2. The van der Waals surface area contributed by atoms with Crippen molar-refractivity contribution in [2.24, 2.45) is 0 Å². The Bertz CT molecular complexity index is 368. The highest BCUT2D eigenvalue weighted by Gasteiger charge is 2.26. The number of hydrogen-bond donors (Lipinski definition) is 2. The lowest BCUT2D eigenvalue weighted by Gasteiger charge is -2.21. The summed E-state index contributed by atoms with van der Waals surface area (Å²) in [7, 11) is 0. The van der Waals surface area contributed by atoms with Crippen LogP contribution in [0.5, 0.6) is 0 Å². The maximum Gasteiger partial charge on any atom is 0.315 e. The zero-order valence-electron chi connectivity index (χ0n) is 11.5. The van der Waals surface area contributed by atoms with E-state index in [1.165, 1.54) is 0 Å². The van der Waals surface area contributed by atoms with Crippen LogP contribution in [0.4, 0.5) is 4.79 Å². The molecule has 1 aliphatic heterocycles. The van der Waals surface area contributed by atoms with E-state index < -0.39 is 0 Å². The molecule has 5 nitrogen and oxygen atoms in total. The molecule has 5 heteroatoms. The normalized spacial score (nSPS) is 26.3. The Balaban J connectivity index is 1.71. The average molecular weight is 265 g/mol. The Morgan fingerprint density at radius 1 is 1.21 bits per heavy atom. The molecular formula is C14H23N3O2. The van der Waals surface area contributed by atoms with Gasteiger partial charge in [0.15, 0.2) is 0 Å². The first-order chi connectivity index (χ1) is 9.19. The molecule has 0 aromatic rings. The average Bonchev–Trinajstić information content (AvgIpc) is 2.87. The maximum atomic E-state index is 11.9. The largest absolute Gasteiger partial charge is 0.341 e. The Morgan fingerprint density at radius 2 is 2.00 bits per heavy atom. The summed E-state index contributed by atoms with van der Waals surface area (Å²) >= 11 is 0. The van der Waals surface area contributed by atoms with E-state index in [4.69, 9.17) is 0 Å². The predicted octanol–water partition coefficient (Wildman–Crippen LogP) is 1.41. The molecule has 1 fully saturated rings. The van der Waals surface area contributed by atoms with Gasteiger partial charge in [-0.25, -0.2) is 4.79 Å². The summed E-state index contributed by atoms with van der Waals surface area (Å²) < 4.78 is 0. The van der Waals surface area contributed by atoms with Crippen LogP contribution in [-0.2, 0) is 4.79 Å². The number of carbonyl (C=O) groups is 2. The monoisotopic (exact) mass is 265 g/mol. The molecular weight excluding hydrogens is 242 g/mol. The standard InChI is InChI=1S/C14H23N3O2/c1-2-13(18)17-9-8-12(10-17)16-14(19)15-11-6-4-3-5-7-11/h3-4,11-12H,2,5-10H2,1H3,(H2,15,16,19). The summed E-state index contributed by atoms with van der Waals surface area (Å²) in [6.45, 7) is 3.26. The lowest BCUT2D eigenvalue weighted by Crippen LogP contribution is -2.47. The quantitative estimate of drug-likeness (QED) is 0.758. The van der Waals surface area contributed by atoms with Crippen molar-refractivity contribution in [1.29, 1.82) is 0 Å². The third kappa shape index (κ3) is 3.98. The first kappa shape index (κ1) is 13.9. The van der Waals surface area contributed by atoms with Crippen LogP contribution in [0, 0.1) is 0 Å². The van der Waals surface area contributed by atoms with E-state index in [9.17, 15) is 9.59 Å². The number of rotatable bonds is 3. The van der Waals surface area contributed by atoms with Crippen molar-refractivity contribution in [1.82, 2.24) is 15.5 Å². The molecule has 0 aromatic carbocycles. The summed E-state index contributed by atoms with van der Waals surface area (Å²) in [6, 6.07) is 0.241. The summed E-state index contributed by atoms with van der Waals surface area (Å²) in [6.07, 6.45) is 8.62. The smallest absolute Gasteiger partial charge is 0.315 e. The minimum absolute atomic E-state index is 0.0923. The number of amides is 3. The van der Waals surface area contributed by atoms with Crippen LogP contribution in [-0.4, -0.2) is 42.0 Å². The van der Waals surface area contributed by atoms with Crippen LogP contribution in [0.3, 0.4) is 0 Å². The zero-order chi connectivity index (χ0) is 13.7. The molecule has 106 valence electrons. The number of hydrogen-bond acceptors (Lipinski definition) is 2. The van der Waals surface area contributed by atoms with Gasteiger partial charge in [0, 0.05) is 31.6 Å². The van der Waals surface area contributed by atoms with E-state index in [1.54, 1.807) is 0 Å².